The molecule has 0 fully saturated rings. The van der Waals surface area contributed by atoms with Gasteiger partial charge in [-0.25, -0.2) is 4.79 Å². The lowest BCUT2D eigenvalue weighted by Crippen LogP contribution is -2.46. The molecule has 6 heteroatoms. The Kier molecular flexibility index (Phi) is 8.59. The van der Waals surface area contributed by atoms with Crippen LogP contribution in [0.4, 0.5) is 0 Å². The van der Waals surface area contributed by atoms with Crippen LogP contribution in [-0.4, -0.2) is 42.4 Å². The fraction of sp³-hybridized carbons (Fsp3) is 0.375. The third kappa shape index (κ3) is 6.72. The van der Waals surface area contributed by atoms with Gasteiger partial charge in [-0.05, 0) is 35.6 Å². The number of carbonyl (C=O) groups is 3. The lowest BCUT2D eigenvalue weighted by atomic mass is 10.0. The van der Waals surface area contributed by atoms with Crippen LogP contribution in [0.3, 0.4) is 0 Å². The molecule has 160 valence electrons. The number of rotatable bonds is 9. The van der Waals surface area contributed by atoms with Crippen molar-refractivity contribution in [3.05, 3.63) is 71.3 Å². The van der Waals surface area contributed by atoms with Crippen molar-refractivity contribution in [1.82, 2.24) is 10.2 Å². The van der Waals surface area contributed by atoms with Crippen LogP contribution < -0.4 is 5.32 Å². The highest BCUT2D eigenvalue weighted by atomic mass is 16.5. The van der Waals surface area contributed by atoms with Crippen molar-refractivity contribution >= 4 is 17.8 Å². The first-order chi connectivity index (χ1) is 14.3. The molecule has 0 aliphatic rings. The molecule has 1 N–H and O–H groups in total. The van der Waals surface area contributed by atoms with E-state index >= 15 is 0 Å². The number of ether oxygens (including phenoxy) is 1. The first-order valence-corrected chi connectivity index (χ1v) is 10.2. The lowest BCUT2D eigenvalue weighted by molar-refractivity contribution is -0.154. The summed E-state index contributed by atoms with van der Waals surface area (Å²) in [6.45, 7) is 5.77. The Balaban J connectivity index is 1.88. The maximum atomic E-state index is 12.5. The Bertz CT molecular complexity index is 847. The van der Waals surface area contributed by atoms with E-state index in [1.807, 2.05) is 44.2 Å². The van der Waals surface area contributed by atoms with E-state index in [-0.39, 0.29) is 24.3 Å². The number of amides is 2. The van der Waals surface area contributed by atoms with Crippen molar-refractivity contribution in [3.63, 3.8) is 0 Å². The molecule has 2 rings (SSSR count). The topological polar surface area (TPSA) is 75.7 Å². The Hall–Kier alpha value is -3.15. The van der Waals surface area contributed by atoms with Crippen molar-refractivity contribution in [2.75, 3.05) is 13.7 Å². The number of benzene rings is 2. The van der Waals surface area contributed by atoms with E-state index in [1.165, 1.54) is 10.5 Å². The van der Waals surface area contributed by atoms with Crippen LogP contribution in [-0.2, 0) is 27.3 Å². The largest absolute Gasteiger partial charge is 0.454 e. The Morgan fingerprint density at radius 3 is 2.13 bits per heavy atom. The van der Waals surface area contributed by atoms with Gasteiger partial charge in [-0.1, -0.05) is 63.2 Å². The summed E-state index contributed by atoms with van der Waals surface area (Å²) in [5, 5.41) is 2.70. The van der Waals surface area contributed by atoms with Crippen molar-refractivity contribution in [2.24, 2.45) is 5.92 Å². The minimum atomic E-state index is -0.836. The summed E-state index contributed by atoms with van der Waals surface area (Å²) in [4.78, 5) is 38.8. The number of nitrogens with one attached hydrogen (secondary N) is 1. The van der Waals surface area contributed by atoms with E-state index in [0.717, 1.165) is 12.0 Å². The average molecular weight is 411 g/mol. The number of aryl methyl sites for hydroxylation is 1. The van der Waals surface area contributed by atoms with Gasteiger partial charge in [-0.15, -0.1) is 0 Å². The molecule has 2 amide bonds. The van der Waals surface area contributed by atoms with Gasteiger partial charge in [0.25, 0.3) is 11.8 Å². The summed E-state index contributed by atoms with van der Waals surface area (Å²) in [5.41, 5.74) is 2.70. The van der Waals surface area contributed by atoms with E-state index in [4.69, 9.17) is 4.74 Å². The van der Waals surface area contributed by atoms with Gasteiger partial charge in [0.05, 0.1) is 0 Å². The second-order valence-corrected chi connectivity index (χ2v) is 7.59. The second kappa shape index (κ2) is 11.1. The van der Waals surface area contributed by atoms with Crippen LogP contribution in [0.15, 0.2) is 54.6 Å². The second-order valence-electron chi connectivity index (χ2n) is 7.59. The lowest BCUT2D eigenvalue weighted by Gasteiger charge is -2.22. The molecule has 0 heterocycles. The van der Waals surface area contributed by atoms with Gasteiger partial charge in [-0.2, -0.15) is 0 Å². The molecular formula is C24H30N2O4. The Morgan fingerprint density at radius 1 is 0.967 bits per heavy atom. The van der Waals surface area contributed by atoms with E-state index in [0.29, 0.717) is 12.1 Å². The molecule has 30 heavy (non-hydrogen) atoms. The SMILES string of the molecule is CCc1ccc(CN(C)C(=O)COC(=O)[C@@H](NC(=O)c2ccccc2)C(C)C)cc1. The first kappa shape index (κ1) is 23.1. The van der Waals surface area contributed by atoms with Crippen molar-refractivity contribution in [1.29, 1.82) is 0 Å². The fourth-order valence-electron chi connectivity index (χ4n) is 2.89. The smallest absolute Gasteiger partial charge is 0.329 e. The maximum absolute atomic E-state index is 12.5. The summed E-state index contributed by atoms with van der Waals surface area (Å²) < 4.78 is 5.21. The van der Waals surface area contributed by atoms with Gasteiger partial charge >= 0.3 is 5.97 Å². The van der Waals surface area contributed by atoms with Crippen LogP contribution in [0.2, 0.25) is 0 Å². The van der Waals surface area contributed by atoms with Gasteiger partial charge in [0.2, 0.25) is 0 Å². The minimum absolute atomic E-state index is 0.185. The van der Waals surface area contributed by atoms with E-state index in [1.54, 1.807) is 31.3 Å². The van der Waals surface area contributed by atoms with E-state index in [9.17, 15) is 14.4 Å². The Morgan fingerprint density at radius 2 is 1.57 bits per heavy atom. The number of nitrogens with zero attached hydrogens (tertiary/aromatic N) is 1. The molecule has 1 atom stereocenters. The molecule has 0 radical (unpaired) electrons. The average Bonchev–Trinajstić information content (AvgIpc) is 2.76. The molecular weight excluding hydrogens is 380 g/mol. The quantitative estimate of drug-likeness (QED) is 0.644. The van der Waals surface area contributed by atoms with E-state index < -0.39 is 12.0 Å². The van der Waals surface area contributed by atoms with Gasteiger partial charge in [0.15, 0.2) is 6.61 Å². The third-order valence-corrected chi connectivity index (χ3v) is 4.86. The molecule has 0 unspecified atom stereocenters. The molecule has 2 aromatic carbocycles. The maximum Gasteiger partial charge on any atom is 0.329 e. The highest BCUT2D eigenvalue weighted by molar-refractivity contribution is 5.97. The van der Waals surface area contributed by atoms with Crippen LogP contribution in [0.5, 0.6) is 0 Å². The van der Waals surface area contributed by atoms with E-state index in [2.05, 4.69) is 12.2 Å². The molecule has 0 spiro atoms. The Labute approximate surface area is 178 Å². The summed E-state index contributed by atoms with van der Waals surface area (Å²) in [6, 6.07) is 15.9. The predicted molar refractivity (Wildman–Crippen MR) is 116 cm³/mol. The number of carbonyl (C=O) groups excluding carboxylic acids is 3. The van der Waals surface area contributed by atoms with Gasteiger partial charge < -0.3 is 15.0 Å². The monoisotopic (exact) mass is 410 g/mol. The number of hydrogen-bond donors (Lipinski definition) is 1. The molecule has 0 aliphatic carbocycles. The van der Waals surface area contributed by atoms with Crippen molar-refractivity contribution < 1.29 is 19.1 Å². The zero-order valence-corrected chi connectivity index (χ0v) is 18.1. The summed E-state index contributed by atoms with van der Waals surface area (Å²) in [5.74, 6) is -1.47. The highest BCUT2D eigenvalue weighted by Crippen LogP contribution is 2.09. The number of likely N-dealkylation sites (N-methyl/N-ethyl adjacent to an activating group) is 1. The molecule has 0 saturated carbocycles. The fourth-order valence-corrected chi connectivity index (χ4v) is 2.89. The predicted octanol–water partition coefficient (Wildman–Crippen LogP) is 3.21. The molecule has 6 nitrogen and oxygen atoms in total. The molecule has 0 aliphatic heterocycles. The number of esters is 1. The van der Waals surface area contributed by atoms with Crippen LogP contribution >= 0.6 is 0 Å². The van der Waals surface area contributed by atoms with Crippen molar-refractivity contribution in [2.45, 2.75) is 39.8 Å². The van der Waals surface area contributed by atoms with Gasteiger partial charge in [-0.3, -0.25) is 9.59 Å². The standard InChI is InChI=1S/C24H30N2O4/c1-5-18-11-13-19(14-12-18)15-26(4)21(27)16-30-24(29)22(17(2)3)25-23(28)20-9-7-6-8-10-20/h6-14,17,22H,5,15-16H2,1-4H3,(H,25,28)/t22-/m0/s1. The van der Waals surface area contributed by atoms with Crippen LogP contribution in [0.1, 0.15) is 42.3 Å². The zero-order chi connectivity index (χ0) is 22.1. The summed E-state index contributed by atoms with van der Waals surface area (Å²) in [7, 11) is 1.67. The number of hydrogen-bond acceptors (Lipinski definition) is 4. The minimum Gasteiger partial charge on any atom is -0.454 e. The molecule has 0 saturated heterocycles. The van der Waals surface area contributed by atoms with Gasteiger partial charge in [0.1, 0.15) is 6.04 Å². The first-order valence-electron chi connectivity index (χ1n) is 10.2. The van der Waals surface area contributed by atoms with Crippen LogP contribution in [0.25, 0.3) is 0 Å². The molecule has 2 aromatic rings. The molecule has 0 aromatic heterocycles. The summed E-state index contributed by atoms with van der Waals surface area (Å²) in [6.07, 6.45) is 0.961. The third-order valence-electron chi connectivity index (χ3n) is 4.86. The van der Waals surface area contributed by atoms with Gasteiger partial charge in [0, 0.05) is 19.2 Å². The highest BCUT2D eigenvalue weighted by Gasteiger charge is 2.27. The molecule has 0 bridgehead atoms. The summed E-state index contributed by atoms with van der Waals surface area (Å²) >= 11 is 0. The normalized spacial score (nSPS) is 11.6. The van der Waals surface area contributed by atoms with Crippen LogP contribution in [0, 0.1) is 5.92 Å². The zero-order valence-electron chi connectivity index (χ0n) is 18.1. The van der Waals surface area contributed by atoms with Crippen molar-refractivity contribution in [3.8, 4) is 0 Å².